The van der Waals surface area contributed by atoms with E-state index in [2.05, 4.69) is 11.6 Å². The highest BCUT2D eigenvalue weighted by Crippen LogP contribution is 2.29. The average molecular weight is 377 g/mol. The Labute approximate surface area is 151 Å². The van der Waals surface area contributed by atoms with E-state index < -0.39 is 10.0 Å². The molecule has 1 amide bonds. The second-order valence-corrected chi connectivity index (χ2v) is 9.09. The summed E-state index contributed by atoms with van der Waals surface area (Å²) in [6.45, 7) is 6.30. The molecule has 1 aliphatic rings. The van der Waals surface area contributed by atoms with Crippen LogP contribution >= 0.6 is 11.3 Å². The molecule has 2 heterocycles. The minimum Gasteiger partial charge on any atom is -0.302 e. The Bertz CT molecular complexity index is 905. The van der Waals surface area contributed by atoms with E-state index in [1.807, 2.05) is 6.92 Å². The van der Waals surface area contributed by atoms with Crippen LogP contribution < -0.4 is 9.21 Å². The van der Waals surface area contributed by atoms with Gasteiger partial charge in [-0.2, -0.15) is 0 Å². The van der Waals surface area contributed by atoms with Gasteiger partial charge in [0.2, 0.25) is 10.0 Å². The van der Waals surface area contributed by atoms with Gasteiger partial charge in [-0.3, -0.25) is 9.10 Å². The lowest BCUT2D eigenvalue weighted by atomic mass is 10.2. The van der Waals surface area contributed by atoms with Crippen LogP contribution in [-0.2, 0) is 21.4 Å². The molecule has 3 rings (SSSR count). The topological polar surface area (TPSA) is 70.6 Å². The summed E-state index contributed by atoms with van der Waals surface area (Å²) < 4.78 is 25.7. The van der Waals surface area contributed by atoms with Crippen molar-refractivity contribution in [2.45, 2.75) is 19.9 Å². The van der Waals surface area contributed by atoms with Crippen LogP contribution in [0.1, 0.15) is 16.3 Å². The first-order chi connectivity index (χ1) is 11.9. The molecule has 6 nitrogen and oxygen atoms in total. The third kappa shape index (κ3) is 3.74. The number of amides is 1. The number of sulfonamides is 1. The molecule has 0 N–H and O–H groups in total. The molecule has 1 aliphatic heterocycles. The summed E-state index contributed by atoms with van der Waals surface area (Å²) in [5, 5.41) is 0.812. The first-order valence-electron chi connectivity index (χ1n) is 7.86. The van der Waals surface area contributed by atoms with E-state index in [-0.39, 0.29) is 11.7 Å². The van der Waals surface area contributed by atoms with Gasteiger partial charge in [-0.05, 0) is 37.6 Å². The van der Waals surface area contributed by atoms with Crippen molar-refractivity contribution >= 4 is 38.6 Å². The molecule has 0 saturated carbocycles. The Morgan fingerprint density at radius 2 is 2.28 bits per heavy atom. The van der Waals surface area contributed by atoms with E-state index in [9.17, 15) is 13.2 Å². The summed E-state index contributed by atoms with van der Waals surface area (Å²) in [6.07, 6.45) is 3.63. The number of carbonyl (C=O) groups is 1. The highest BCUT2D eigenvalue weighted by molar-refractivity contribution is 7.93. The summed E-state index contributed by atoms with van der Waals surface area (Å²) in [4.78, 5) is 19.3. The van der Waals surface area contributed by atoms with Crippen LogP contribution in [0.5, 0.6) is 0 Å². The Morgan fingerprint density at radius 1 is 1.48 bits per heavy atom. The highest BCUT2D eigenvalue weighted by atomic mass is 32.2. The van der Waals surface area contributed by atoms with Gasteiger partial charge >= 0.3 is 0 Å². The zero-order valence-corrected chi connectivity index (χ0v) is 15.5. The van der Waals surface area contributed by atoms with Gasteiger partial charge in [0, 0.05) is 23.3 Å². The predicted octanol–water partition coefficient (Wildman–Crippen LogP) is 2.71. The van der Waals surface area contributed by atoms with Crippen molar-refractivity contribution < 1.29 is 13.2 Å². The minimum atomic E-state index is -3.26. The highest BCUT2D eigenvalue weighted by Gasteiger charge is 2.29. The SMILES string of the molecule is C=CC(=O)N(Cc1ncc(C)s1)c1cccc(N2CCCS2(=O)=O)c1. The van der Waals surface area contributed by atoms with Gasteiger partial charge in [0.1, 0.15) is 5.01 Å². The number of anilines is 2. The number of hydrogen-bond acceptors (Lipinski definition) is 5. The number of aryl methyl sites for hydroxylation is 1. The molecule has 0 atom stereocenters. The van der Waals surface area contributed by atoms with Crippen molar-refractivity contribution in [1.82, 2.24) is 4.98 Å². The fourth-order valence-electron chi connectivity index (χ4n) is 2.76. The predicted molar refractivity (Wildman–Crippen MR) is 100 cm³/mol. The smallest absolute Gasteiger partial charge is 0.250 e. The quantitative estimate of drug-likeness (QED) is 0.751. The van der Waals surface area contributed by atoms with Crippen LogP contribution in [0.2, 0.25) is 0 Å². The molecule has 1 fully saturated rings. The van der Waals surface area contributed by atoms with Crippen LogP contribution in [0, 0.1) is 6.92 Å². The number of aromatic nitrogens is 1. The van der Waals surface area contributed by atoms with Crippen molar-refractivity contribution in [3.8, 4) is 0 Å². The number of benzene rings is 1. The molecule has 1 aromatic carbocycles. The van der Waals surface area contributed by atoms with Crippen LogP contribution in [0.4, 0.5) is 11.4 Å². The molecule has 2 aromatic rings. The molecule has 0 unspecified atom stereocenters. The van der Waals surface area contributed by atoms with Crippen molar-refractivity contribution in [3.05, 3.63) is 53.0 Å². The second kappa shape index (κ2) is 6.97. The number of nitrogens with zero attached hydrogens (tertiary/aromatic N) is 3. The molecule has 0 bridgehead atoms. The van der Waals surface area contributed by atoms with Gasteiger partial charge in [-0.25, -0.2) is 13.4 Å². The van der Waals surface area contributed by atoms with Gasteiger partial charge < -0.3 is 4.90 Å². The Balaban J connectivity index is 1.94. The van der Waals surface area contributed by atoms with Crippen molar-refractivity contribution in [2.75, 3.05) is 21.5 Å². The average Bonchev–Trinajstić information content (AvgIpc) is 3.16. The monoisotopic (exact) mass is 377 g/mol. The normalized spacial score (nSPS) is 16.0. The standard InChI is InChI=1S/C17H19N3O3S2/c1-3-17(21)19(12-16-18-11-13(2)24-16)14-6-4-7-15(10-14)20-8-5-9-25(20,22)23/h3-4,6-7,10-11H,1,5,8-9,12H2,2H3. The lowest BCUT2D eigenvalue weighted by molar-refractivity contribution is -0.114. The second-order valence-electron chi connectivity index (χ2n) is 5.75. The molecule has 1 aromatic heterocycles. The van der Waals surface area contributed by atoms with E-state index in [1.165, 1.54) is 21.7 Å². The molecule has 8 heteroatoms. The first-order valence-corrected chi connectivity index (χ1v) is 10.3. The molecule has 0 spiro atoms. The Kier molecular flexibility index (Phi) is 4.91. The van der Waals surface area contributed by atoms with Crippen molar-refractivity contribution in [3.63, 3.8) is 0 Å². The van der Waals surface area contributed by atoms with E-state index in [4.69, 9.17) is 0 Å². The van der Waals surface area contributed by atoms with Gasteiger partial charge in [0.05, 0.1) is 18.0 Å². The molecule has 0 radical (unpaired) electrons. The van der Waals surface area contributed by atoms with Gasteiger partial charge in [0.25, 0.3) is 5.91 Å². The van der Waals surface area contributed by atoms with Crippen LogP contribution in [-0.4, -0.2) is 31.6 Å². The van der Waals surface area contributed by atoms with E-state index >= 15 is 0 Å². The maximum absolute atomic E-state index is 12.3. The third-order valence-corrected chi connectivity index (χ3v) is 6.70. The number of rotatable bonds is 5. The van der Waals surface area contributed by atoms with Gasteiger partial charge in [-0.1, -0.05) is 12.6 Å². The molecular formula is C17H19N3O3S2. The third-order valence-electron chi connectivity index (χ3n) is 3.93. The van der Waals surface area contributed by atoms with Crippen LogP contribution in [0.15, 0.2) is 43.1 Å². The number of hydrogen-bond donors (Lipinski definition) is 0. The lowest BCUT2D eigenvalue weighted by Crippen LogP contribution is -2.29. The van der Waals surface area contributed by atoms with Gasteiger partial charge in [0.15, 0.2) is 0 Å². The summed E-state index contributed by atoms with van der Waals surface area (Å²) in [6, 6.07) is 7.02. The first kappa shape index (κ1) is 17.6. The summed E-state index contributed by atoms with van der Waals surface area (Å²) in [5.74, 6) is -0.0976. The van der Waals surface area contributed by atoms with E-state index in [0.717, 1.165) is 9.88 Å². The summed E-state index contributed by atoms with van der Waals surface area (Å²) in [7, 11) is -3.26. The molecule has 1 saturated heterocycles. The molecule has 132 valence electrons. The summed E-state index contributed by atoms with van der Waals surface area (Å²) >= 11 is 1.52. The van der Waals surface area contributed by atoms with E-state index in [0.29, 0.717) is 30.9 Å². The Morgan fingerprint density at radius 3 is 2.88 bits per heavy atom. The maximum Gasteiger partial charge on any atom is 0.250 e. The van der Waals surface area contributed by atoms with E-state index in [1.54, 1.807) is 35.4 Å². The number of carbonyl (C=O) groups excluding carboxylic acids is 1. The maximum atomic E-state index is 12.3. The fraction of sp³-hybridized carbons (Fsp3) is 0.294. The zero-order valence-electron chi connectivity index (χ0n) is 13.9. The summed E-state index contributed by atoms with van der Waals surface area (Å²) in [5.41, 5.74) is 1.20. The Hall–Kier alpha value is -2.19. The largest absolute Gasteiger partial charge is 0.302 e. The number of thiazole rings is 1. The molecule has 0 aliphatic carbocycles. The molecular weight excluding hydrogens is 358 g/mol. The van der Waals surface area contributed by atoms with Gasteiger partial charge in [-0.15, -0.1) is 11.3 Å². The fourth-order valence-corrected chi connectivity index (χ4v) is 5.09. The van der Waals surface area contributed by atoms with Crippen LogP contribution in [0.3, 0.4) is 0 Å². The minimum absolute atomic E-state index is 0.158. The lowest BCUT2D eigenvalue weighted by Gasteiger charge is -2.23. The van der Waals surface area contributed by atoms with Crippen molar-refractivity contribution in [2.24, 2.45) is 0 Å². The van der Waals surface area contributed by atoms with Crippen molar-refractivity contribution in [1.29, 1.82) is 0 Å². The van der Waals surface area contributed by atoms with Crippen LogP contribution in [0.25, 0.3) is 0 Å². The zero-order chi connectivity index (χ0) is 18.0. The molecule has 25 heavy (non-hydrogen) atoms.